The van der Waals surface area contributed by atoms with E-state index in [1.807, 2.05) is 0 Å². The summed E-state index contributed by atoms with van der Waals surface area (Å²) in [7, 11) is 0. The molecule has 4 nitrogen and oxygen atoms in total. The standard InChI is InChI=1S/C13H8F3N3O/c14-13(15,16)11-6-9(1-2-12(11)18)20-10-3-4-19-8(5-10)7-17/h1-6H,18H2. The molecule has 0 atom stereocenters. The summed E-state index contributed by atoms with van der Waals surface area (Å²) in [4.78, 5) is 3.73. The summed E-state index contributed by atoms with van der Waals surface area (Å²) in [6.45, 7) is 0. The van der Waals surface area contributed by atoms with Crippen LogP contribution in [0.3, 0.4) is 0 Å². The van der Waals surface area contributed by atoms with Gasteiger partial charge in [0.25, 0.3) is 0 Å². The number of ether oxygens (including phenoxy) is 1. The molecule has 0 aliphatic carbocycles. The lowest BCUT2D eigenvalue weighted by atomic mass is 10.1. The Kier molecular flexibility index (Phi) is 3.48. The molecule has 0 amide bonds. The van der Waals surface area contributed by atoms with Crippen LogP contribution in [0.4, 0.5) is 18.9 Å². The Morgan fingerprint density at radius 3 is 2.50 bits per heavy atom. The molecule has 0 radical (unpaired) electrons. The molecular weight excluding hydrogens is 271 g/mol. The fourth-order valence-electron chi connectivity index (χ4n) is 1.52. The summed E-state index contributed by atoms with van der Waals surface area (Å²) in [6.07, 6.45) is -3.23. The Bertz CT molecular complexity index is 677. The van der Waals surface area contributed by atoms with Crippen LogP contribution in [0, 0.1) is 11.3 Å². The van der Waals surface area contributed by atoms with E-state index in [9.17, 15) is 13.2 Å². The second-order valence-corrected chi connectivity index (χ2v) is 3.84. The monoisotopic (exact) mass is 279 g/mol. The van der Waals surface area contributed by atoms with E-state index < -0.39 is 11.7 Å². The van der Waals surface area contributed by atoms with E-state index in [2.05, 4.69) is 4.98 Å². The maximum Gasteiger partial charge on any atom is 0.418 e. The number of nitriles is 1. The van der Waals surface area contributed by atoms with Gasteiger partial charge < -0.3 is 10.5 Å². The van der Waals surface area contributed by atoms with Crippen molar-refractivity contribution in [1.29, 1.82) is 5.26 Å². The second-order valence-electron chi connectivity index (χ2n) is 3.84. The predicted molar refractivity (Wildman–Crippen MR) is 64.9 cm³/mol. The maximum absolute atomic E-state index is 12.7. The summed E-state index contributed by atoms with van der Waals surface area (Å²) in [5.74, 6) is 0.191. The van der Waals surface area contributed by atoms with Crippen molar-refractivity contribution in [2.24, 2.45) is 0 Å². The third-order valence-electron chi connectivity index (χ3n) is 2.41. The minimum absolute atomic E-state index is 0.0263. The largest absolute Gasteiger partial charge is 0.457 e. The average molecular weight is 279 g/mol. The Hall–Kier alpha value is -2.75. The number of benzene rings is 1. The summed E-state index contributed by atoms with van der Waals surface area (Å²) >= 11 is 0. The average Bonchev–Trinajstić information content (AvgIpc) is 2.40. The summed E-state index contributed by atoms with van der Waals surface area (Å²) in [5, 5.41) is 8.68. The molecule has 1 heterocycles. The van der Waals surface area contributed by atoms with Crippen LogP contribution in [0.15, 0.2) is 36.5 Å². The zero-order chi connectivity index (χ0) is 14.8. The Morgan fingerprint density at radius 1 is 1.15 bits per heavy atom. The number of nitrogens with zero attached hydrogens (tertiary/aromatic N) is 2. The molecule has 102 valence electrons. The predicted octanol–water partition coefficient (Wildman–Crippen LogP) is 3.35. The minimum Gasteiger partial charge on any atom is -0.457 e. The molecule has 0 bridgehead atoms. The first-order valence-corrected chi connectivity index (χ1v) is 5.41. The van der Waals surface area contributed by atoms with E-state index in [0.29, 0.717) is 0 Å². The molecule has 0 fully saturated rings. The van der Waals surface area contributed by atoms with Crippen LogP contribution < -0.4 is 10.5 Å². The van der Waals surface area contributed by atoms with Gasteiger partial charge in [0.05, 0.1) is 5.56 Å². The van der Waals surface area contributed by atoms with Crippen molar-refractivity contribution in [3.05, 3.63) is 47.8 Å². The number of hydrogen-bond acceptors (Lipinski definition) is 4. The van der Waals surface area contributed by atoms with E-state index >= 15 is 0 Å². The van der Waals surface area contributed by atoms with Gasteiger partial charge in [0.2, 0.25) is 0 Å². The Balaban J connectivity index is 2.33. The van der Waals surface area contributed by atoms with Gasteiger partial charge in [0, 0.05) is 18.0 Å². The fourth-order valence-corrected chi connectivity index (χ4v) is 1.52. The van der Waals surface area contributed by atoms with Crippen molar-refractivity contribution < 1.29 is 17.9 Å². The van der Waals surface area contributed by atoms with Gasteiger partial charge in [-0.25, -0.2) is 4.98 Å². The van der Waals surface area contributed by atoms with Gasteiger partial charge in [-0.05, 0) is 24.3 Å². The molecule has 20 heavy (non-hydrogen) atoms. The third-order valence-corrected chi connectivity index (χ3v) is 2.41. The lowest BCUT2D eigenvalue weighted by molar-refractivity contribution is -0.137. The number of rotatable bonds is 2. The number of alkyl halides is 3. The molecular formula is C13H8F3N3O. The van der Waals surface area contributed by atoms with Crippen LogP contribution in [0.5, 0.6) is 11.5 Å². The molecule has 0 saturated carbocycles. The van der Waals surface area contributed by atoms with Crippen molar-refractivity contribution >= 4 is 5.69 Å². The SMILES string of the molecule is N#Cc1cc(Oc2ccc(N)c(C(F)(F)F)c2)ccn1. The number of anilines is 1. The number of nitrogens with two attached hydrogens (primary N) is 1. The van der Waals surface area contributed by atoms with Crippen LogP contribution in [0.1, 0.15) is 11.3 Å². The molecule has 2 rings (SSSR count). The first-order valence-electron chi connectivity index (χ1n) is 5.41. The van der Waals surface area contributed by atoms with Crippen LogP contribution in [0.2, 0.25) is 0 Å². The number of nitrogen functional groups attached to an aromatic ring is 1. The van der Waals surface area contributed by atoms with Crippen molar-refractivity contribution in [1.82, 2.24) is 4.98 Å². The molecule has 2 aromatic rings. The molecule has 0 saturated heterocycles. The second kappa shape index (κ2) is 5.09. The summed E-state index contributed by atoms with van der Waals surface area (Å²) < 4.78 is 43.4. The number of pyridine rings is 1. The van der Waals surface area contributed by atoms with E-state index in [0.717, 1.165) is 12.1 Å². The first-order chi connectivity index (χ1) is 9.40. The smallest absolute Gasteiger partial charge is 0.418 e. The van der Waals surface area contributed by atoms with Crippen molar-refractivity contribution in [3.8, 4) is 17.6 Å². The van der Waals surface area contributed by atoms with Gasteiger partial charge in [-0.1, -0.05) is 0 Å². The van der Waals surface area contributed by atoms with Gasteiger partial charge in [-0.2, -0.15) is 18.4 Å². The highest BCUT2D eigenvalue weighted by Gasteiger charge is 2.33. The third kappa shape index (κ3) is 2.98. The molecule has 1 aromatic carbocycles. The van der Waals surface area contributed by atoms with Crippen LogP contribution in [-0.2, 0) is 6.18 Å². The Labute approximate surface area is 112 Å². The quantitative estimate of drug-likeness (QED) is 0.856. The van der Waals surface area contributed by atoms with E-state index in [1.165, 1.54) is 24.4 Å². The van der Waals surface area contributed by atoms with Gasteiger partial charge in [0.1, 0.15) is 23.3 Å². The van der Waals surface area contributed by atoms with Crippen LogP contribution >= 0.6 is 0 Å². The Morgan fingerprint density at radius 2 is 1.85 bits per heavy atom. The maximum atomic E-state index is 12.7. The summed E-state index contributed by atoms with van der Waals surface area (Å²) in [6, 6.07) is 7.80. The van der Waals surface area contributed by atoms with E-state index in [1.54, 1.807) is 6.07 Å². The minimum atomic E-state index is -4.56. The zero-order valence-corrected chi connectivity index (χ0v) is 9.98. The molecule has 0 aliphatic rings. The molecule has 0 unspecified atom stereocenters. The molecule has 7 heteroatoms. The first kappa shape index (κ1) is 13.7. The van der Waals surface area contributed by atoms with E-state index in [4.69, 9.17) is 15.7 Å². The highest BCUT2D eigenvalue weighted by Crippen LogP contribution is 2.36. The lowest BCUT2D eigenvalue weighted by Gasteiger charge is -2.12. The van der Waals surface area contributed by atoms with Crippen molar-refractivity contribution in [3.63, 3.8) is 0 Å². The van der Waals surface area contributed by atoms with Crippen LogP contribution in [-0.4, -0.2) is 4.98 Å². The van der Waals surface area contributed by atoms with Gasteiger partial charge in [-0.15, -0.1) is 0 Å². The topological polar surface area (TPSA) is 71.9 Å². The van der Waals surface area contributed by atoms with E-state index in [-0.39, 0.29) is 22.9 Å². The fraction of sp³-hybridized carbons (Fsp3) is 0.0769. The molecule has 2 N–H and O–H groups in total. The number of hydrogen-bond donors (Lipinski definition) is 1. The molecule has 0 aliphatic heterocycles. The molecule has 1 aromatic heterocycles. The van der Waals surface area contributed by atoms with Gasteiger partial charge in [0.15, 0.2) is 0 Å². The lowest BCUT2D eigenvalue weighted by Crippen LogP contribution is -2.08. The summed E-state index contributed by atoms with van der Waals surface area (Å²) in [5.41, 5.74) is 4.05. The zero-order valence-electron chi connectivity index (χ0n) is 9.98. The van der Waals surface area contributed by atoms with Crippen LogP contribution in [0.25, 0.3) is 0 Å². The number of halogens is 3. The normalized spacial score (nSPS) is 10.9. The highest BCUT2D eigenvalue weighted by molar-refractivity contribution is 5.52. The highest BCUT2D eigenvalue weighted by atomic mass is 19.4. The molecule has 0 spiro atoms. The van der Waals surface area contributed by atoms with Crippen molar-refractivity contribution in [2.45, 2.75) is 6.18 Å². The van der Waals surface area contributed by atoms with Crippen molar-refractivity contribution in [2.75, 3.05) is 5.73 Å². The number of aromatic nitrogens is 1. The van der Waals surface area contributed by atoms with Gasteiger partial charge >= 0.3 is 6.18 Å². The van der Waals surface area contributed by atoms with Gasteiger partial charge in [-0.3, -0.25) is 0 Å².